The number of sulfonamides is 1. The van der Waals surface area contributed by atoms with Crippen molar-refractivity contribution in [1.29, 1.82) is 0 Å². The largest absolute Gasteiger partial charge is 0.495 e. The predicted octanol–water partition coefficient (Wildman–Crippen LogP) is 1.62. The van der Waals surface area contributed by atoms with Crippen molar-refractivity contribution < 1.29 is 13.2 Å². The molecule has 0 fully saturated rings. The number of hydrogen-bond donors (Lipinski definition) is 2. The third-order valence-corrected chi connectivity index (χ3v) is 4.38. The zero-order valence-corrected chi connectivity index (χ0v) is 14.1. The topological polar surface area (TPSA) is 67.4 Å². The third kappa shape index (κ3) is 4.63. The molecule has 0 saturated heterocycles. The molecule has 1 atom stereocenters. The average Bonchev–Trinajstić information content (AvgIpc) is 2.35. The minimum absolute atomic E-state index is 0. The Hall–Kier alpha value is -0.820. The van der Waals surface area contributed by atoms with E-state index in [9.17, 15) is 8.42 Å². The number of rotatable bonds is 6. The molecule has 7 heteroatoms. The van der Waals surface area contributed by atoms with Gasteiger partial charge in [0.2, 0.25) is 10.0 Å². The first-order valence-corrected chi connectivity index (χ1v) is 7.62. The molecule has 0 aliphatic heterocycles. The highest BCUT2D eigenvalue weighted by Crippen LogP contribution is 2.28. The third-order valence-electron chi connectivity index (χ3n) is 2.95. The lowest BCUT2D eigenvalue weighted by Crippen LogP contribution is -2.37. The van der Waals surface area contributed by atoms with Crippen molar-refractivity contribution in [1.82, 2.24) is 10.0 Å². The average molecular weight is 323 g/mol. The summed E-state index contributed by atoms with van der Waals surface area (Å²) in [6.45, 7) is 5.93. The monoisotopic (exact) mass is 322 g/mol. The number of methoxy groups -OCH3 is 1. The van der Waals surface area contributed by atoms with Crippen molar-refractivity contribution in [2.75, 3.05) is 20.7 Å². The highest BCUT2D eigenvalue weighted by molar-refractivity contribution is 7.89. The number of aryl methyl sites for hydroxylation is 2. The zero-order chi connectivity index (χ0) is 14.6. The maximum absolute atomic E-state index is 12.3. The van der Waals surface area contributed by atoms with E-state index in [0.29, 0.717) is 12.3 Å². The van der Waals surface area contributed by atoms with E-state index in [0.717, 1.165) is 11.1 Å². The molecule has 0 aliphatic rings. The lowest BCUT2D eigenvalue weighted by atomic mass is 10.1. The van der Waals surface area contributed by atoms with Gasteiger partial charge in [-0.2, -0.15) is 0 Å². The summed E-state index contributed by atoms with van der Waals surface area (Å²) in [5.41, 5.74) is 1.70. The van der Waals surface area contributed by atoms with Crippen LogP contribution in [-0.4, -0.2) is 35.2 Å². The van der Waals surface area contributed by atoms with E-state index in [1.807, 2.05) is 26.8 Å². The molecule has 0 aromatic heterocycles. The van der Waals surface area contributed by atoms with Crippen molar-refractivity contribution in [2.45, 2.75) is 31.7 Å². The molecular weight excluding hydrogens is 300 g/mol. The van der Waals surface area contributed by atoms with Gasteiger partial charge >= 0.3 is 0 Å². The molecule has 0 radical (unpaired) electrons. The Morgan fingerprint density at radius 1 is 1.30 bits per heavy atom. The van der Waals surface area contributed by atoms with Gasteiger partial charge in [-0.25, -0.2) is 13.1 Å². The van der Waals surface area contributed by atoms with Gasteiger partial charge < -0.3 is 10.1 Å². The Labute approximate surface area is 127 Å². The lowest BCUT2D eigenvalue weighted by Gasteiger charge is -2.16. The second-order valence-corrected chi connectivity index (χ2v) is 6.39. The van der Waals surface area contributed by atoms with Crippen molar-refractivity contribution in [2.24, 2.45) is 0 Å². The molecule has 0 aliphatic carbocycles. The molecule has 116 valence electrons. The Morgan fingerprint density at radius 2 is 1.90 bits per heavy atom. The van der Waals surface area contributed by atoms with Gasteiger partial charge in [-0.15, -0.1) is 12.4 Å². The smallest absolute Gasteiger partial charge is 0.244 e. The number of benzene rings is 1. The molecule has 1 rings (SSSR count). The van der Waals surface area contributed by atoms with Gasteiger partial charge in [0, 0.05) is 12.6 Å². The minimum Gasteiger partial charge on any atom is -0.495 e. The minimum atomic E-state index is -3.57. The van der Waals surface area contributed by atoms with Crippen LogP contribution in [0.15, 0.2) is 17.0 Å². The Kier molecular flexibility index (Phi) is 7.51. The quantitative estimate of drug-likeness (QED) is 0.835. The van der Waals surface area contributed by atoms with E-state index in [-0.39, 0.29) is 23.3 Å². The van der Waals surface area contributed by atoms with Crippen LogP contribution in [0.4, 0.5) is 0 Å². The fourth-order valence-electron chi connectivity index (χ4n) is 1.79. The first-order valence-electron chi connectivity index (χ1n) is 6.14. The molecular formula is C13H23ClN2O3S. The molecule has 0 saturated carbocycles. The van der Waals surface area contributed by atoms with Gasteiger partial charge in [-0.1, -0.05) is 6.07 Å². The summed E-state index contributed by atoms with van der Waals surface area (Å²) in [7, 11) is -0.301. The Morgan fingerprint density at radius 3 is 2.40 bits per heavy atom. The number of hydrogen-bond acceptors (Lipinski definition) is 4. The molecule has 5 nitrogen and oxygen atoms in total. The van der Waals surface area contributed by atoms with Gasteiger partial charge in [0.15, 0.2) is 0 Å². The number of nitrogens with one attached hydrogen (secondary N) is 2. The summed E-state index contributed by atoms with van der Waals surface area (Å²) in [5.74, 6) is 0.398. The highest BCUT2D eigenvalue weighted by Gasteiger charge is 2.21. The van der Waals surface area contributed by atoms with Crippen molar-refractivity contribution in [3.63, 3.8) is 0 Å². The van der Waals surface area contributed by atoms with Gasteiger partial charge in [0.05, 0.1) is 7.11 Å². The van der Waals surface area contributed by atoms with E-state index >= 15 is 0 Å². The summed E-state index contributed by atoms with van der Waals surface area (Å²) < 4.78 is 32.4. The fraction of sp³-hybridized carbons (Fsp3) is 0.538. The zero-order valence-electron chi connectivity index (χ0n) is 12.5. The Balaban J connectivity index is 0.00000361. The molecule has 0 heterocycles. The second-order valence-electron chi connectivity index (χ2n) is 4.65. The Bertz CT molecular complexity index is 547. The van der Waals surface area contributed by atoms with Crippen LogP contribution >= 0.6 is 12.4 Å². The lowest BCUT2D eigenvalue weighted by molar-refractivity contribution is 0.399. The summed E-state index contributed by atoms with van der Waals surface area (Å²) in [4.78, 5) is 0.191. The summed E-state index contributed by atoms with van der Waals surface area (Å²) >= 11 is 0. The maximum atomic E-state index is 12.3. The molecule has 0 spiro atoms. The van der Waals surface area contributed by atoms with Crippen LogP contribution < -0.4 is 14.8 Å². The molecule has 0 bridgehead atoms. The molecule has 0 amide bonds. The SMILES string of the molecule is CNC(C)CNS(=O)(=O)c1cc(C)cc(C)c1OC.Cl. The van der Waals surface area contributed by atoms with Crippen molar-refractivity contribution in [3.8, 4) is 5.75 Å². The summed E-state index contributed by atoms with van der Waals surface area (Å²) in [5, 5.41) is 2.98. The van der Waals surface area contributed by atoms with Crippen LogP contribution in [0.3, 0.4) is 0 Å². The molecule has 1 aromatic rings. The van der Waals surface area contributed by atoms with Crippen LogP contribution in [0.5, 0.6) is 5.75 Å². The molecule has 1 aromatic carbocycles. The fourth-order valence-corrected chi connectivity index (χ4v) is 3.25. The second kappa shape index (κ2) is 7.83. The van der Waals surface area contributed by atoms with E-state index < -0.39 is 10.0 Å². The van der Waals surface area contributed by atoms with Crippen LogP contribution in [0.2, 0.25) is 0 Å². The van der Waals surface area contributed by atoms with E-state index in [2.05, 4.69) is 10.0 Å². The maximum Gasteiger partial charge on any atom is 0.244 e. The number of halogens is 1. The predicted molar refractivity (Wildman–Crippen MR) is 83.4 cm³/mol. The van der Waals surface area contributed by atoms with Gasteiger partial charge in [0.25, 0.3) is 0 Å². The van der Waals surface area contributed by atoms with E-state index in [1.54, 1.807) is 13.1 Å². The van der Waals surface area contributed by atoms with E-state index in [1.165, 1.54) is 7.11 Å². The summed E-state index contributed by atoms with van der Waals surface area (Å²) in [6.07, 6.45) is 0. The van der Waals surface area contributed by atoms with Crippen molar-refractivity contribution >= 4 is 22.4 Å². The van der Waals surface area contributed by atoms with Gasteiger partial charge in [-0.05, 0) is 45.0 Å². The molecule has 2 N–H and O–H groups in total. The van der Waals surface area contributed by atoms with E-state index in [4.69, 9.17) is 4.74 Å². The van der Waals surface area contributed by atoms with Gasteiger partial charge in [-0.3, -0.25) is 0 Å². The van der Waals surface area contributed by atoms with Crippen LogP contribution in [0.25, 0.3) is 0 Å². The van der Waals surface area contributed by atoms with Gasteiger partial charge in [0.1, 0.15) is 10.6 Å². The number of likely N-dealkylation sites (N-methyl/N-ethyl adjacent to an activating group) is 1. The first kappa shape index (κ1) is 19.2. The normalized spacial score (nSPS) is 12.7. The highest BCUT2D eigenvalue weighted by atomic mass is 35.5. The standard InChI is InChI=1S/C13H22N2O3S.ClH/c1-9-6-10(2)13(18-5)12(7-9)19(16,17)15-8-11(3)14-4;/h6-7,11,14-15H,8H2,1-5H3;1H. The molecule has 20 heavy (non-hydrogen) atoms. The molecule has 1 unspecified atom stereocenters. The van der Waals surface area contributed by atoms with Crippen molar-refractivity contribution in [3.05, 3.63) is 23.3 Å². The van der Waals surface area contributed by atoms with Crippen LogP contribution in [0.1, 0.15) is 18.1 Å². The van der Waals surface area contributed by atoms with Crippen LogP contribution in [0, 0.1) is 13.8 Å². The number of ether oxygens (including phenoxy) is 1. The summed E-state index contributed by atoms with van der Waals surface area (Å²) in [6, 6.07) is 3.58. The first-order chi connectivity index (χ1) is 8.81. The van der Waals surface area contributed by atoms with Crippen LogP contribution in [-0.2, 0) is 10.0 Å².